The van der Waals surface area contributed by atoms with Crippen LogP contribution in [-0.4, -0.2) is 18.6 Å². The Bertz CT molecular complexity index is 485. The lowest BCUT2D eigenvalue weighted by atomic mass is 9.75. The van der Waals surface area contributed by atoms with Gasteiger partial charge >= 0.3 is 0 Å². The highest BCUT2D eigenvalue weighted by Crippen LogP contribution is 2.35. The van der Waals surface area contributed by atoms with Crippen LogP contribution in [0.25, 0.3) is 0 Å². The normalized spacial score (nSPS) is 20.8. The highest BCUT2D eigenvalue weighted by Gasteiger charge is 2.28. The van der Waals surface area contributed by atoms with Crippen molar-refractivity contribution in [3.63, 3.8) is 0 Å². The van der Waals surface area contributed by atoms with E-state index in [2.05, 4.69) is 19.2 Å². The van der Waals surface area contributed by atoms with Gasteiger partial charge in [0.15, 0.2) is 0 Å². The molecule has 0 heterocycles. The Morgan fingerprint density at radius 2 is 2.29 bits per heavy atom. The lowest BCUT2D eigenvalue weighted by Crippen LogP contribution is -2.41. The quantitative estimate of drug-likeness (QED) is 0.819. The number of anilines is 1. The van der Waals surface area contributed by atoms with Crippen LogP contribution in [0.15, 0.2) is 24.3 Å². The number of nitrogen functional groups attached to an aromatic ring is 1. The van der Waals surface area contributed by atoms with Gasteiger partial charge in [-0.15, -0.1) is 0 Å². The monoisotopic (exact) mass is 290 g/mol. The summed E-state index contributed by atoms with van der Waals surface area (Å²) in [7, 11) is 0. The summed E-state index contributed by atoms with van der Waals surface area (Å²) < 4.78 is 5.55. The van der Waals surface area contributed by atoms with Crippen molar-refractivity contribution in [2.24, 2.45) is 5.41 Å². The van der Waals surface area contributed by atoms with E-state index in [1.807, 2.05) is 18.2 Å². The maximum absolute atomic E-state index is 12.0. The number of benzene rings is 1. The molecule has 1 aliphatic rings. The van der Waals surface area contributed by atoms with E-state index in [4.69, 9.17) is 10.5 Å². The van der Waals surface area contributed by atoms with Gasteiger partial charge in [-0.2, -0.15) is 0 Å². The van der Waals surface area contributed by atoms with Crippen LogP contribution in [0.5, 0.6) is 5.75 Å². The van der Waals surface area contributed by atoms with Crippen molar-refractivity contribution >= 4 is 11.6 Å². The second-order valence-electron chi connectivity index (χ2n) is 6.70. The summed E-state index contributed by atoms with van der Waals surface area (Å²) in [5, 5.41) is 3.13. The standard InChI is InChI=1S/C17H26N2O2/c1-17(2)9-4-6-14(12-17)19-16(20)8-10-21-15-7-3-5-13(18)11-15/h3,5,7,11,14H,4,6,8-10,12,18H2,1-2H3,(H,19,20). The molecule has 0 radical (unpaired) electrons. The number of nitrogens with two attached hydrogens (primary N) is 1. The summed E-state index contributed by atoms with van der Waals surface area (Å²) in [6.45, 7) is 4.92. The first-order valence-corrected chi connectivity index (χ1v) is 7.72. The lowest BCUT2D eigenvalue weighted by molar-refractivity contribution is -0.122. The second kappa shape index (κ2) is 6.83. The third-order valence-electron chi connectivity index (χ3n) is 4.03. The van der Waals surface area contributed by atoms with Gasteiger partial charge < -0.3 is 15.8 Å². The third-order valence-corrected chi connectivity index (χ3v) is 4.03. The molecular formula is C17H26N2O2. The van der Waals surface area contributed by atoms with Crippen LogP contribution in [0.2, 0.25) is 0 Å². The van der Waals surface area contributed by atoms with Crippen molar-refractivity contribution in [2.45, 2.75) is 52.0 Å². The van der Waals surface area contributed by atoms with Crippen molar-refractivity contribution < 1.29 is 9.53 Å². The Kier molecular flexibility index (Phi) is 5.10. The summed E-state index contributed by atoms with van der Waals surface area (Å²) in [5.41, 5.74) is 6.69. The van der Waals surface area contributed by atoms with Gasteiger partial charge in [-0.25, -0.2) is 0 Å². The van der Waals surface area contributed by atoms with Gasteiger partial charge in [0.25, 0.3) is 0 Å². The van der Waals surface area contributed by atoms with Gasteiger partial charge in [-0.05, 0) is 36.8 Å². The van der Waals surface area contributed by atoms with E-state index in [0.29, 0.717) is 35.9 Å². The van der Waals surface area contributed by atoms with Gasteiger partial charge in [-0.3, -0.25) is 4.79 Å². The van der Waals surface area contributed by atoms with Crippen LogP contribution in [0.1, 0.15) is 46.0 Å². The van der Waals surface area contributed by atoms with Crippen molar-refractivity contribution in [2.75, 3.05) is 12.3 Å². The average molecular weight is 290 g/mol. The molecule has 21 heavy (non-hydrogen) atoms. The fraction of sp³-hybridized carbons (Fsp3) is 0.588. The van der Waals surface area contributed by atoms with Crippen molar-refractivity contribution in [3.05, 3.63) is 24.3 Å². The molecule has 1 unspecified atom stereocenters. The minimum atomic E-state index is 0.0709. The molecule has 0 aliphatic heterocycles. The summed E-state index contributed by atoms with van der Waals surface area (Å²) in [5.74, 6) is 0.781. The predicted octanol–water partition coefficient (Wildman–Crippen LogP) is 3.12. The zero-order valence-corrected chi connectivity index (χ0v) is 13.0. The van der Waals surface area contributed by atoms with Crippen LogP contribution in [-0.2, 0) is 4.79 Å². The minimum Gasteiger partial charge on any atom is -0.493 e. The van der Waals surface area contributed by atoms with E-state index in [1.54, 1.807) is 6.07 Å². The van der Waals surface area contributed by atoms with Crippen molar-refractivity contribution in [1.82, 2.24) is 5.32 Å². The number of rotatable bonds is 5. The highest BCUT2D eigenvalue weighted by atomic mass is 16.5. The molecule has 2 rings (SSSR count). The number of nitrogens with one attached hydrogen (secondary N) is 1. The molecule has 116 valence electrons. The van der Waals surface area contributed by atoms with Gasteiger partial charge in [0.05, 0.1) is 13.0 Å². The number of carbonyl (C=O) groups excluding carboxylic acids is 1. The van der Waals surface area contributed by atoms with Crippen LogP contribution in [0.3, 0.4) is 0 Å². The van der Waals surface area contributed by atoms with E-state index < -0.39 is 0 Å². The van der Waals surface area contributed by atoms with Gasteiger partial charge in [-0.1, -0.05) is 26.3 Å². The molecule has 1 aliphatic carbocycles. The maximum Gasteiger partial charge on any atom is 0.223 e. The van der Waals surface area contributed by atoms with Crippen LogP contribution >= 0.6 is 0 Å². The van der Waals surface area contributed by atoms with E-state index >= 15 is 0 Å². The fourth-order valence-electron chi connectivity index (χ4n) is 2.99. The van der Waals surface area contributed by atoms with E-state index in [1.165, 1.54) is 12.8 Å². The number of hydrogen-bond donors (Lipinski definition) is 2. The Hall–Kier alpha value is -1.71. The number of amides is 1. The molecule has 0 bridgehead atoms. The summed E-state index contributed by atoms with van der Waals surface area (Å²) >= 11 is 0. The van der Waals surface area contributed by atoms with Gasteiger partial charge in [0.2, 0.25) is 5.91 Å². The van der Waals surface area contributed by atoms with E-state index in [-0.39, 0.29) is 5.91 Å². The average Bonchev–Trinajstić information content (AvgIpc) is 2.37. The fourth-order valence-corrected chi connectivity index (χ4v) is 2.99. The highest BCUT2D eigenvalue weighted by molar-refractivity contribution is 5.76. The van der Waals surface area contributed by atoms with E-state index in [0.717, 1.165) is 12.8 Å². The Labute approximate surface area is 127 Å². The zero-order chi connectivity index (χ0) is 15.3. The first kappa shape index (κ1) is 15.7. The molecule has 1 aromatic rings. The topological polar surface area (TPSA) is 64.3 Å². The molecule has 1 amide bonds. The molecule has 1 aromatic carbocycles. The van der Waals surface area contributed by atoms with Crippen molar-refractivity contribution in [3.8, 4) is 5.75 Å². The van der Waals surface area contributed by atoms with Crippen LogP contribution in [0, 0.1) is 5.41 Å². The summed E-state index contributed by atoms with van der Waals surface area (Å²) in [6, 6.07) is 7.58. The maximum atomic E-state index is 12.0. The Morgan fingerprint density at radius 1 is 1.48 bits per heavy atom. The molecule has 1 fully saturated rings. The van der Waals surface area contributed by atoms with Crippen molar-refractivity contribution in [1.29, 1.82) is 0 Å². The van der Waals surface area contributed by atoms with E-state index in [9.17, 15) is 4.79 Å². The first-order valence-electron chi connectivity index (χ1n) is 7.72. The zero-order valence-electron chi connectivity index (χ0n) is 13.0. The number of hydrogen-bond acceptors (Lipinski definition) is 3. The molecule has 0 spiro atoms. The SMILES string of the molecule is CC1(C)CCCC(NC(=O)CCOc2cccc(N)c2)C1. The Morgan fingerprint density at radius 3 is 3.00 bits per heavy atom. The second-order valence-corrected chi connectivity index (χ2v) is 6.70. The van der Waals surface area contributed by atoms with Gasteiger partial charge in [0.1, 0.15) is 5.75 Å². The molecule has 4 heteroatoms. The molecule has 0 aromatic heterocycles. The van der Waals surface area contributed by atoms with Crippen LogP contribution < -0.4 is 15.8 Å². The molecule has 1 atom stereocenters. The molecular weight excluding hydrogens is 264 g/mol. The van der Waals surface area contributed by atoms with Crippen LogP contribution in [0.4, 0.5) is 5.69 Å². The number of ether oxygens (including phenoxy) is 1. The lowest BCUT2D eigenvalue weighted by Gasteiger charge is -2.35. The number of carbonyl (C=O) groups is 1. The van der Waals surface area contributed by atoms with Gasteiger partial charge in [0, 0.05) is 17.8 Å². The molecule has 4 nitrogen and oxygen atoms in total. The smallest absolute Gasteiger partial charge is 0.223 e. The predicted molar refractivity (Wildman–Crippen MR) is 85.1 cm³/mol. The first-order chi connectivity index (χ1) is 9.94. The minimum absolute atomic E-state index is 0.0709. The summed E-state index contributed by atoms with van der Waals surface area (Å²) in [6.07, 6.45) is 4.97. The molecule has 0 saturated heterocycles. The molecule has 3 N–H and O–H groups in total. The Balaban J connectivity index is 1.70. The third kappa shape index (κ3) is 5.29. The summed E-state index contributed by atoms with van der Waals surface area (Å²) in [4.78, 5) is 12.0. The molecule has 1 saturated carbocycles. The largest absolute Gasteiger partial charge is 0.493 e.